The Bertz CT molecular complexity index is 632. The lowest BCUT2D eigenvalue weighted by Gasteiger charge is -2.26. The number of nitrogen functional groups attached to an aromatic ring is 1. The molecule has 2 aromatic heterocycles. The molecule has 0 radical (unpaired) electrons. The van der Waals surface area contributed by atoms with Crippen LogP contribution >= 0.6 is 0 Å². The number of pyridine rings is 1. The molecule has 1 saturated heterocycles. The molecule has 0 spiro atoms. The molecule has 3 rings (SSSR count). The van der Waals surface area contributed by atoms with Crippen LogP contribution in [0.25, 0.3) is 0 Å². The highest BCUT2D eigenvalue weighted by atomic mass is 15.2. The molecule has 0 bridgehead atoms. The average molecular weight is 326 g/mol. The van der Waals surface area contributed by atoms with Crippen molar-refractivity contribution in [2.75, 3.05) is 25.9 Å². The molecule has 1 fully saturated rings. The summed E-state index contributed by atoms with van der Waals surface area (Å²) in [6.45, 7) is 4.04. The number of nitrogens with two attached hydrogens (primary N) is 1. The average Bonchev–Trinajstić information content (AvgIpc) is 2.81. The van der Waals surface area contributed by atoms with E-state index in [1.165, 1.54) is 24.8 Å². The third-order valence-corrected chi connectivity index (χ3v) is 4.69. The minimum atomic E-state index is 0.540. The van der Waals surface area contributed by atoms with Gasteiger partial charge < -0.3 is 5.73 Å². The van der Waals surface area contributed by atoms with E-state index < -0.39 is 0 Å². The summed E-state index contributed by atoms with van der Waals surface area (Å²) in [4.78, 5) is 17.6. The van der Waals surface area contributed by atoms with Gasteiger partial charge in [-0.25, -0.2) is 9.97 Å². The lowest BCUT2D eigenvalue weighted by atomic mass is 10.1. The van der Waals surface area contributed by atoms with Gasteiger partial charge in [-0.15, -0.1) is 0 Å². The zero-order valence-electron chi connectivity index (χ0n) is 14.3. The van der Waals surface area contributed by atoms with Crippen molar-refractivity contribution in [2.45, 2.75) is 38.4 Å². The molecule has 2 aromatic rings. The largest absolute Gasteiger partial charge is 0.384 e. The predicted octanol–water partition coefficient (Wildman–Crippen LogP) is 1.94. The van der Waals surface area contributed by atoms with Gasteiger partial charge in [0.2, 0.25) is 0 Å². The van der Waals surface area contributed by atoms with Crippen molar-refractivity contribution in [3.8, 4) is 0 Å². The van der Waals surface area contributed by atoms with Crippen molar-refractivity contribution in [3.05, 3.63) is 48.2 Å². The molecule has 2 N–H and O–H groups in total. The highest BCUT2D eigenvalue weighted by Gasteiger charge is 2.21. The Morgan fingerprint density at radius 2 is 2.00 bits per heavy atom. The highest BCUT2D eigenvalue weighted by molar-refractivity contribution is 5.24. The van der Waals surface area contributed by atoms with Crippen LogP contribution in [0.4, 0.5) is 5.82 Å². The number of aromatic nitrogens is 3. The maximum Gasteiger partial charge on any atom is 0.144 e. The van der Waals surface area contributed by atoms with Gasteiger partial charge in [-0.05, 0) is 63.2 Å². The minimum absolute atomic E-state index is 0.540. The number of hydrogen-bond donors (Lipinski definition) is 1. The Labute approximate surface area is 143 Å². The van der Waals surface area contributed by atoms with Crippen LogP contribution < -0.4 is 5.73 Å². The molecule has 1 aliphatic heterocycles. The molecule has 1 aliphatic rings. The molecule has 0 unspecified atom stereocenters. The van der Waals surface area contributed by atoms with Crippen molar-refractivity contribution in [1.29, 1.82) is 0 Å². The molecular formula is C18H26N6. The first-order valence-corrected chi connectivity index (χ1v) is 8.59. The van der Waals surface area contributed by atoms with Crippen molar-refractivity contribution < 1.29 is 0 Å². The lowest BCUT2D eigenvalue weighted by molar-refractivity contribution is 0.202. The van der Waals surface area contributed by atoms with Gasteiger partial charge in [-0.2, -0.15) is 0 Å². The van der Waals surface area contributed by atoms with E-state index in [1.807, 2.05) is 12.4 Å². The van der Waals surface area contributed by atoms with E-state index in [9.17, 15) is 0 Å². The van der Waals surface area contributed by atoms with Crippen molar-refractivity contribution in [3.63, 3.8) is 0 Å². The van der Waals surface area contributed by atoms with Gasteiger partial charge in [0.25, 0.3) is 0 Å². The van der Waals surface area contributed by atoms with Crippen LogP contribution in [0.1, 0.15) is 30.7 Å². The summed E-state index contributed by atoms with van der Waals surface area (Å²) in [6.07, 6.45) is 9.08. The molecule has 0 aliphatic carbocycles. The topological polar surface area (TPSA) is 71.2 Å². The SMILES string of the molecule is CN(Cc1nccc(N)n1)[C@H]1CCCN(Cc2ccncc2)CC1. The Hall–Kier alpha value is -2.05. The van der Waals surface area contributed by atoms with Crippen LogP contribution in [0.5, 0.6) is 0 Å². The van der Waals surface area contributed by atoms with Gasteiger partial charge in [-0.3, -0.25) is 14.8 Å². The third-order valence-electron chi connectivity index (χ3n) is 4.69. The zero-order valence-corrected chi connectivity index (χ0v) is 14.3. The molecular weight excluding hydrogens is 300 g/mol. The summed E-state index contributed by atoms with van der Waals surface area (Å²) in [7, 11) is 2.16. The molecule has 1 atom stereocenters. The zero-order chi connectivity index (χ0) is 16.8. The molecule has 0 aromatic carbocycles. The van der Waals surface area contributed by atoms with E-state index in [0.29, 0.717) is 11.9 Å². The van der Waals surface area contributed by atoms with E-state index >= 15 is 0 Å². The van der Waals surface area contributed by atoms with Crippen LogP contribution in [0.3, 0.4) is 0 Å². The van der Waals surface area contributed by atoms with Crippen LogP contribution in [0.2, 0.25) is 0 Å². The molecule has 3 heterocycles. The van der Waals surface area contributed by atoms with Gasteiger partial charge >= 0.3 is 0 Å². The summed E-state index contributed by atoms with van der Waals surface area (Å²) in [5, 5.41) is 0. The normalized spacial score (nSPS) is 19.3. The number of likely N-dealkylation sites (tertiary alicyclic amines) is 1. The Kier molecular flexibility index (Phi) is 5.72. The van der Waals surface area contributed by atoms with Gasteiger partial charge in [0.15, 0.2) is 0 Å². The summed E-state index contributed by atoms with van der Waals surface area (Å²) < 4.78 is 0. The van der Waals surface area contributed by atoms with Gasteiger partial charge in [-0.1, -0.05) is 0 Å². The van der Waals surface area contributed by atoms with Crippen LogP contribution in [-0.4, -0.2) is 50.9 Å². The molecule has 128 valence electrons. The van der Waals surface area contributed by atoms with Gasteiger partial charge in [0.1, 0.15) is 11.6 Å². The van der Waals surface area contributed by atoms with Crippen molar-refractivity contribution in [1.82, 2.24) is 24.8 Å². The number of nitrogens with zero attached hydrogens (tertiary/aromatic N) is 5. The lowest BCUT2D eigenvalue weighted by Crippen LogP contribution is -2.33. The molecule has 24 heavy (non-hydrogen) atoms. The first kappa shape index (κ1) is 16.8. The number of rotatable bonds is 5. The van der Waals surface area contributed by atoms with Crippen LogP contribution in [0.15, 0.2) is 36.8 Å². The number of hydrogen-bond acceptors (Lipinski definition) is 6. The van der Waals surface area contributed by atoms with E-state index in [-0.39, 0.29) is 0 Å². The molecule has 0 amide bonds. The monoisotopic (exact) mass is 326 g/mol. The Morgan fingerprint density at radius 3 is 2.79 bits per heavy atom. The predicted molar refractivity (Wildman–Crippen MR) is 95.1 cm³/mol. The Balaban J connectivity index is 1.53. The van der Waals surface area contributed by atoms with Gasteiger partial charge in [0.05, 0.1) is 6.54 Å². The first-order chi connectivity index (χ1) is 11.7. The quantitative estimate of drug-likeness (QED) is 0.905. The fraction of sp³-hybridized carbons (Fsp3) is 0.500. The summed E-state index contributed by atoms with van der Waals surface area (Å²) >= 11 is 0. The fourth-order valence-electron chi connectivity index (χ4n) is 3.33. The Morgan fingerprint density at radius 1 is 1.17 bits per heavy atom. The van der Waals surface area contributed by atoms with Crippen LogP contribution in [0, 0.1) is 0 Å². The van der Waals surface area contributed by atoms with Gasteiger partial charge in [0, 0.05) is 31.2 Å². The highest BCUT2D eigenvalue weighted by Crippen LogP contribution is 2.18. The molecule has 6 nitrogen and oxygen atoms in total. The van der Waals surface area contributed by atoms with E-state index in [0.717, 1.165) is 32.0 Å². The second kappa shape index (κ2) is 8.17. The smallest absolute Gasteiger partial charge is 0.144 e. The third kappa shape index (κ3) is 4.72. The molecule has 6 heteroatoms. The van der Waals surface area contributed by atoms with Crippen molar-refractivity contribution >= 4 is 5.82 Å². The summed E-state index contributed by atoms with van der Waals surface area (Å²) in [6, 6.07) is 6.50. The fourth-order valence-corrected chi connectivity index (χ4v) is 3.33. The standard InChI is InChI=1S/C18H26N6/c1-23(14-18-21-10-6-17(19)22-18)16-3-2-11-24(12-7-16)13-15-4-8-20-9-5-15/h4-6,8-10,16H,2-3,7,11-14H2,1H3,(H2,19,21,22)/t16-/m0/s1. The minimum Gasteiger partial charge on any atom is -0.384 e. The molecule has 0 saturated carbocycles. The second-order valence-electron chi connectivity index (χ2n) is 6.53. The maximum absolute atomic E-state index is 5.75. The summed E-state index contributed by atoms with van der Waals surface area (Å²) in [5.41, 5.74) is 7.09. The van der Waals surface area contributed by atoms with Crippen LogP contribution in [-0.2, 0) is 13.1 Å². The van der Waals surface area contributed by atoms with E-state index in [2.05, 4.69) is 43.9 Å². The van der Waals surface area contributed by atoms with E-state index in [1.54, 1.807) is 12.3 Å². The van der Waals surface area contributed by atoms with E-state index in [4.69, 9.17) is 5.73 Å². The van der Waals surface area contributed by atoms with Crippen molar-refractivity contribution in [2.24, 2.45) is 0 Å². The summed E-state index contributed by atoms with van der Waals surface area (Å²) in [5.74, 6) is 1.34. The number of anilines is 1. The first-order valence-electron chi connectivity index (χ1n) is 8.59. The maximum atomic E-state index is 5.75. The second-order valence-corrected chi connectivity index (χ2v) is 6.53.